The fourth-order valence-electron chi connectivity index (χ4n) is 1.10. The molecule has 15 heavy (non-hydrogen) atoms. The summed E-state index contributed by atoms with van der Waals surface area (Å²) in [6.45, 7) is 6.41. The molecule has 0 rings (SSSR count). The van der Waals surface area contributed by atoms with Gasteiger partial charge in [0, 0.05) is 6.54 Å². The van der Waals surface area contributed by atoms with Crippen molar-refractivity contribution in [1.82, 2.24) is 5.32 Å². The van der Waals surface area contributed by atoms with Gasteiger partial charge < -0.3 is 10.4 Å². The zero-order valence-corrected chi connectivity index (χ0v) is 10.7. The zero-order chi connectivity index (χ0) is 11.9. The minimum atomic E-state index is -2.91. The third-order valence-corrected chi connectivity index (χ3v) is 4.47. The van der Waals surface area contributed by atoms with E-state index in [1.54, 1.807) is 20.8 Å². The quantitative estimate of drug-likeness (QED) is 0.605. The van der Waals surface area contributed by atoms with Crippen molar-refractivity contribution < 1.29 is 13.5 Å². The third-order valence-electron chi connectivity index (χ3n) is 2.26. The van der Waals surface area contributed by atoms with Crippen molar-refractivity contribution in [3.05, 3.63) is 0 Å². The summed E-state index contributed by atoms with van der Waals surface area (Å²) >= 11 is 0. The summed E-state index contributed by atoms with van der Waals surface area (Å²) < 4.78 is 22.8. The van der Waals surface area contributed by atoms with Crippen LogP contribution in [0.5, 0.6) is 0 Å². The molecule has 0 radical (unpaired) electrons. The van der Waals surface area contributed by atoms with Crippen molar-refractivity contribution in [1.29, 1.82) is 0 Å². The first-order valence-corrected chi connectivity index (χ1v) is 7.18. The molecule has 92 valence electrons. The third kappa shape index (κ3) is 7.76. The van der Waals surface area contributed by atoms with Gasteiger partial charge in [0.2, 0.25) is 0 Å². The molecule has 0 aliphatic heterocycles. The fourth-order valence-corrected chi connectivity index (χ4v) is 2.00. The maximum atomic E-state index is 11.4. The van der Waals surface area contributed by atoms with E-state index in [1.807, 2.05) is 0 Å². The molecule has 5 heteroatoms. The SMILES string of the molecule is CC(O)CCCNCCS(=O)(=O)C(C)C. The molecule has 2 N–H and O–H groups in total. The molecule has 0 aromatic carbocycles. The Labute approximate surface area is 93.0 Å². The van der Waals surface area contributed by atoms with Crippen molar-refractivity contribution in [2.24, 2.45) is 0 Å². The molecule has 0 saturated heterocycles. The molecule has 0 aromatic rings. The van der Waals surface area contributed by atoms with E-state index < -0.39 is 9.84 Å². The second-order valence-electron chi connectivity index (χ2n) is 4.16. The first kappa shape index (κ1) is 14.9. The van der Waals surface area contributed by atoms with E-state index in [0.29, 0.717) is 6.54 Å². The molecule has 0 saturated carbocycles. The lowest BCUT2D eigenvalue weighted by molar-refractivity contribution is 0.181. The fraction of sp³-hybridized carbons (Fsp3) is 1.00. The number of aliphatic hydroxyl groups is 1. The Morgan fingerprint density at radius 2 is 1.80 bits per heavy atom. The predicted octanol–water partition coefficient (Wildman–Crippen LogP) is 0.560. The Balaban J connectivity index is 3.47. The van der Waals surface area contributed by atoms with E-state index in [4.69, 9.17) is 5.11 Å². The van der Waals surface area contributed by atoms with Crippen LogP contribution in [0.4, 0.5) is 0 Å². The van der Waals surface area contributed by atoms with Gasteiger partial charge in [0.05, 0.1) is 17.1 Å². The summed E-state index contributed by atoms with van der Waals surface area (Å²) in [5.74, 6) is 0.194. The van der Waals surface area contributed by atoms with Gasteiger partial charge in [-0.05, 0) is 40.2 Å². The van der Waals surface area contributed by atoms with Crippen LogP contribution in [0.15, 0.2) is 0 Å². The first-order valence-electron chi connectivity index (χ1n) is 5.46. The molecule has 1 atom stereocenters. The second-order valence-corrected chi connectivity index (χ2v) is 6.83. The summed E-state index contributed by atoms with van der Waals surface area (Å²) in [5, 5.41) is 11.8. The lowest BCUT2D eigenvalue weighted by Gasteiger charge is -2.09. The average Bonchev–Trinajstić information content (AvgIpc) is 2.10. The summed E-state index contributed by atoms with van der Waals surface area (Å²) in [7, 11) is -2.91. The van der Waals surface area contributed by atoms with Gasteiger partial charge in [0.25, 0.3) is 0 Å². The Hall–Kier alpha value is -0.130. The highest BCUT2D eigenvalue weighted by atomic mass is 32.2. The lowest BCUT2D eigenvalue weighted by Crippen LogP contribution is -2.28. The van der Waals surface area contributed by atoms with E-state index >= 15 is 0 Å². The van der Waals surface area contributed by atoms with Crippen molar-refractivity contribution >= 4 is 9.84 Å². The smallest absolute Gasteiger partial charge is 0.153 e. The van der Waals surface area contributed by atoms with Crippen molar-refractivity contribution in [3.63, 3.8) is 0 Å². The number of hydrogen-bond donors (Lipinski definition) is 2. The second kappa shape index (κ2) is 7.19. The van der Waals surface area contributed by atoms with E-state index in [0.717, 1.165) is 19.4 Å². The minimum Gasteiger partial charge on any atom is -0.393 e. The van der Waals surface area contributed by atoms with Gasteiger partial charge in [-0.2, -0.15) is 0 Å². The molecule has 0 amide bonds. The molecular formula is C10H23NO3S. The van der Waals surface area contributed by atoms with Crippen LogP contribution in [0.25, 0.3) is 0 Å². The van der Waals surface area contributed by atoms with Gasteiger partial charge in [-0.15, -0.1) is 0 Å². The standard InChI is InChI=1S/C10H23NO3S/c1-9(2)15(13,14)8-7-11-6-4-5-10(3)12/h9-12H,4-8H2,1-3H3. The van der Waals surface area contributed by atoms with Gasteiger partial charge in [0.1, 0.15) is 0 Å². The molecular weight excluding hydrogens is 214 g/mol. The van der Waals surface area contributed by atoms with Crippen LogP contribution in [0.3, 0.4) is 0 Å². The van der Waals surface area contributed by atoms with Gasteiger partial charge in [-0.3, -0.25) is 0 Å². The highest BCUT2D eigenvalue weighted by Crippen LogP contribution is 1.99. The van der Waals surface area contributed by atoms with Crippen LogP contribution in [0.1, 0.15) is 33.6 Å². The van der Waals surface area contributed by atoms with Crippen molar-refractivity contribution in [2.75, 3.05) is 18.8 Å². The van der Waals surface area contributed by atoms with Crippen LogP contribution >= 0.6 is 0 Å². The van der Waals surface area contributed by atoms with Crippen LogP contribution < -0.4 is 5.32 Å². The first-order chi connectivity index (χ1) is 6.86. The normalized spacial score (nSPS) is 14.5. The van der Waals surface area contributed by atoms with Crippen LogP contribution in [-0.2, 0) is 9.84 Å². The monoisotopic (exact) mass is 237 g/mol. The predicted molar refractivity (Wildman–Crippen MR) is 62.7 cm³/mol. The van der Waals surface area contributed by atoms with Crippen LogP contribution in [0, 0.1) is 0 Å². The van der Waals surface area contributed by atoms with E-state index in [2.05, 4.69) is 5.32 Å². The Bertz CT molecular complexity index is 247. The molecule has 0 fully saturated rings. The van der Waals surface area contributed by atoms with E-state index in [-0.39, 0.29) is 17.1 Å². The number of aliphatic hydroxyl groups excluding tert-OH is 1. The van der Waals surface area contributed by atoms with E-state index in [9.17, 15) is 8.42 Å². The molecule has 1 unspecified atom stereocenters. The highest BCUT2D eigenvalue weighted by molar-refractivity contribution is 7.92. The van der Waals surface area contributed by atoms with Gasteiger partial charge >= 0.3 is 0 Å². The molecule has 0 bridgehead atoms. The molecule has 0 spiro atoms. The number of sulfone groups is 1. The van der Waals surface area contributed by atoms with Gasteiger partial charge in [-0.25, -0.2) is 8.42 Å². The summed E-state index contributed by atoms with van der Waals surface area (Å²) in [5.41, 5.74) is 0. The van der Waals surface area contributed by atoms with Gasteiger partial charge in [-0.1, -0.05) is 0 Å². The Morgan fingerprint density at radius 1 is 1.20 bits per heavy atom. The van der Waals surface area contributed by atoms with Crippen LogP contribution in [-0.4, -0.2) is 43.7 Å². The average molecular weight is 237 g/mol. The van der Waals surface area contributed by atoms with Gasteiger partial charge in [0.15, 0.2) is 9.84 Å². The number of hydrogen-bond acceptors (Lipinski definition) is 4. The molecule has 0 heterocycles. The summed E-state index contributed by atoms with van der Waals surface area (Å²) in [6, 6.07) is 0. The maximum Gasteiger partial charge on any atom is 0.153 e. The minimum absolute atomic E-state index is 0.194. The molecule has 4 nitrogen and oxygen atoms in total. The Morgan fingerprint density at radius 3 is 2.27 bits per heavy atom. The summed E-state index contributed by atoms with van der Waals surface area (Å²) in [6.07, 6.45) is 1.36. The van der Waals surface area contributed by atoms with Crippen molar-refractivity contribution in [2.45, 2.75) is 45.0 Å². The van der Waals surface area contributed by atoms with Crippen molar-refractivity contribution in [3.8, 4) is 0 Å². The van der Waals surface area contributed by atoms with Crippen LogP contribution in [0.2, 0.25) is 0 Å². The zero-order valence-electron chi connectivity index (χ0n) is 9.86. The summed E-state index contributed by atoms with van der Waals surface area (Å²) in [4.78, 5) is 0. The molecule has 0 aliphatic rings. The number of nitrogens with one attached hydrogen (secondary N) is 1. The maximum absolute atomic E-state index is 11.4. The topological polar surface area (TPSA) is 66.4 Å². The molecule has 0 aliphatic carbocycles. The highest BCUT2D eigenvalue weighted by Gasteiger charge is 2.14. The molecule has 0 aromatic heterocycles. The van der Waals surface area contributed by atoms with E-state index in [1.165, 1.54) is 0 Å². The lowest BCUT2D eigenvalue weighted by atomic mass is 10.2. The Kier molecular flexibility index (Phi) is 7.13. The largest absolute Gasteiger partial charge is 0.393 e. The number of rotatable bonds is 8.